The number of carbonyl (C=O) groups is 1. The summed E-state index contributed by atoms with van der Waals surface area (Å²) < 4.78 is 55.2. The molecule has 2 heterocycles. The van der Waals surface area contributed by atoms with Gasteiger partial charge in [0, 0.05) is 54.4 Å². The summed E-state index contributed by atoms with van der Waals surface area (Å²) in [5.74, 6) is -3.57. The summed E-state index contributed by atoms with van der Waals surface area (Å²) in [4.78, 5) is 13.5. The standard InChI is InChI=1S/C30H31ClF3N3O3/c31-20-6-4-18(5-7-20)27(19-12-21(32)14-22(33)13-19)28(35)29(38)37-26-3-1-2-25(34)24(26)9-8-23-15-36-16-30(40-23)10-11-39-17-30/h1-7,12-14,23,27-28,36H,8-11,15-17,35H2,(H,37,38)/t23-,27+,28+,30?/m1/s1. The predicted octanol–water partition coefficient (Wildman–Crippen LogP) is 4.94. The van der Waals surface area contributed by atoms with Crippen LogP contribution >= 0.6 is 11.6 Å². The third kappa shape index (κ3) is 6.50. The fraction of sp³-hybridized carbons (Fsp3) is 0.367. The average Bonchev–Trinajstić information content (AvgIpc) is 3.36. The second-order valence-corrected chi connectivity index (χ2v) is 10.8. The lowest BCUT2D eigenvalue weighted by molar-refractivity contribution is -0.118. The second kappa shape index (κ2) is 12.3. The zero-order chi connectivity index (χ0) is 28.3. The number of nitrogens with two attached hydrogens (primary N) is 1. The first-order valence-corrected chi connectivity index (χ1v) is 13.6. The molecule has 3 aromatic carbocycles. The van der Waals surface area contributed by atoms with E-state index in [0.29, 0.717) is 55.3 Å². The van der Waals surface area contributed by atoms with E-state index < -0.39 is 35.3 Å². The predicted molar refractivity (Wildman–Crippen MR) is 147 cm³/mol. The van der Waals surface area contributed by atoms with Gasteiger partial charge >= 0.3 is 0 Å². The molecule has 1 amide bonds. The Kier molecular flexibility index (Phi) is 8.77. The van der Waals surface area contributed by atoms with Gasteiger partial charge in [-0.15, -0.1) is 0 Å². The Morgan fingerprint density at radius 2 is 1.85 bits per heavy atom. The number of benzene rings is 3. The Morgan fingerprint density at radius 1 is 1.10 bits per heavy atom. The van der Waals surface area contributed by atoms with Gasteiger partial charge in [0.2, 0.25) is 5.91 Å². The number of anilines is 1. The summed E-state index contributed by atoms with van der Waals surface area (Å²) in [7, 11) is 0. The lowest BCUT2D eigenvalue weighted by atomic mass is 9.84. The van der Waals surface area contributed by atoms with E-state index in [1.807, 2.05) is 0 Å². The number of carbonyl (C=O) groups excluding carboxylic acids is 1. The number of amides is 1. The third-order valence-corrected chi connectivity index (χ3v) is 7.78. The second-order valence-electron chi connectivity index (χ2n) is 10.4. The van der Waals surface area contributed by atoms with Gasteiger partial charge in [0.25, 0.3) is 0 Å². The molecule has 4 atom stereocenters. The Morgan fingerprint density at radius 3 is 2.55 bits per heavy atom. The number of morpholine rings is 1. The van der Waals surface area contributed by atoms with Crippen molar-refractivity contribution in [1.82, 2.24) is 5.32 Å². The number of nitrogens with one attached hydrogen (secondary N) is 2. The molecule has 212 valence electrons. The van der Waals surface area contributed by atoms with Crippen LogP contribution in [-0.2, 0) is 20.7 Å². The van der Waals surface area contributed by atoms with Crippen LogP contribution in [0, 0.1) is 17.5 Å². The third-order valence-electron chi connectivity index (χ3n) is 7.53. The van der Waals surface area contributed by atoms with E-state index in [9.17, 15) is 13.6 Å². The highest BCUT2D eigenvalue weighted by atomic mass is 35.5. The van der Waals surface area contributed by atoms with Gasteiger partial charge in [-0.1, -0.05) is 29.8 Å². The van der Waals surface area contributed by atoms with Gasteiger partial charge in [-0.3, -0.25) is 4.79 Å². The monoisotopic (exact) mass is 573 g/mol. The largest absolute Gasteiger partial charge is 0.378 e. The van der Waals surface area contributed by atoms with Crippen molar-refractivity contribution in [3.63, 3.8) is 0 Å². The first-order valence-electron chi connectivity index (χ1n) is 13.2. The number of rotatable bonds is 8. The van der Waals surface area contributed by atoms with E-state index in [2.05, 4.69) is 10.6 Å². The van der Waals surface area contributed by atoms with E-state index in [4.69, 9.17) is 26.8 Å². The molecule has 1 spiro atoms. The van der Waals surface area contributed by atoms with Gasteiger partial charge in [-0.25, -0.2) is 13.2 Å². The molecule has 5 rings (SSSR count). The highest BCUT2D eigenvalue weighted by Crippen LogP contribution is 2.32. The SMILES string of the molecule is N[C@H](C(=O)Nc1cccc(F)c1CC[C@@H]1CNCC2(CCOC2)O1)[C@@H](c1ccc(Cl)cc1)c1cc(F)cc(F)c1. The molecule has 2 fully saturated rings. The van der Waals surface area contributed by atoms with Crippen molar-refractivity contribution in [2.45, 2.75) is 42.9 Å². The van der Waals surface area contributed by atoms with Gasteiger partial charge < -0.3 is 25.8 Å². The minimum atomic E-state index is -1.26. The molecule has 2 saturated heterocycles. The van der Waals surface area contributed by atoms with Crippen LogP contribution in [0.4, 0.5) is 18.9 Å². The summed E-state index contributed by atoms with van der Waals surface area (Å²) in [5, 5.41) is 6.60. The van der Waals surface area contributed by atoms with Crippen molar-refractivity contribution < 1.29 is 27.4 Å². The van der Waals surface area contributed by atoms with E-state index in [-0.39, 0.29) is 23.0 Å². The topological polar surface area (TPSA) is 85.6 Å². The van der Waals surface area contributed by atoms with E-state index in [0.717, 1.165) is 24.6 Å². The van der Waals surface area contributed by atoms with Gasteiger partial charge in [0.05, 0.1) is 18.8 Å². The summed E-state index contributed by atoms with van der Waals surface area (Å²) in [5.41, 5.74) is 7.42. The molecule has 4 N–H and O–H groups in total. The summed E-state index contributed by atoms with van der Waals surface area (Å²) in [6.45, 7) is 2.53. The van der Waals surface area contributed by atoms with Gasteiger partial charge in [0.15, 0.2) is 0 Å². The average molecular weight is 574 g/mol. The van der Waals surface area contributed by atoms with Crippen LogP contribution in [0.5, 0.6) is 0 Å². The zero-order valence-corrected chi connectivity index (χ0v) is 22.5. The van der Waals surface area contributed by atoms with E-state index in [1.165, 1.54) is 12.1 Å². The van der Waals surface area contributed by atoms with Crippen LogP contribution < -0.4 is 16.4 Å². The molecule has 40 heavy (non-hydrogen) atoms. The Hall–Kier alpha value is -2.95. The first kappa shape index (κ1) is 28.6. The maximum atomic E-state index is 15.0. The van der Waals surface area contributed by atoms with Crippen LogP contribution in [0.25, 0.3) is 0 Å². The fourth-order valence-electron chi connectivity index (χ4n) is 5.51. The molecule has 3 aromatic rings. The van der Waals surface area contributed by atoms with E-state index >= 15 is 4.39 Å². The molecule has 2 aliphatic rings. The Labute approximate surface area is 236 Å². The van der Waals surface area contributed by atoms with Crippen molar-refractivity contribution >= 4 is 23.2 Å². The molecular weight excluding hydrogens is 543 g/mol. The minimum absolute atomic E-state index is 0.141. The van der Waals surface area contributed by atoms with Crippen LogP contribution in [0.3, 0.4) is 0 Å². The minimum Gasteiger partial charge on any atom is -0.378 e. The van der Waals surface area contributed by atoms with Crippen molar-refractivity contribution in [2.24, 2.45) is 5.73 Å². The Balaban J connectivity index is 1.35. The van der Waals surface area contributed by atoms with E-state index in [1.54, 1.807) is 30.3 Å². The van der Waals surface area contributed by atoms with Crippen molar-refractivity contribution in [1.29, 1.82) is 0 Å². The quantitative estimate of drug-likeness (QED) is 0.356. The molecule has 0 aromatic heterocycles. The van der Waals surface area contributed by atoms with Gasteiger partial charge in [-0.05, 0) is 60.4 Å². The van der Waals surface area contributed by atoms with Crippen LogP contribution in [0.1, 0.15) is 35.4 Å². The molecule has 1 unspecified atom stereocenters. The van der Waals surface area contributed by atoms with Crippen molar-refractivity contribution in [2.75, 3.05) is 31.6 Å². The lowest BCUT2D eigenvalue weighted by Crippen LogP contribution is -2.54. The molecule has 0 saturated carbocycles. The zero-order valence-electron chi connectivity index (χ0n) is 21.8. The normalized spacial score (nSPS) is 22.3. The smallest absolute Gasteiger partial charge is 0.242 e. The molecule has 0 aliphatic carbocycles. The molecule has 6 nitrogen and oxygen atoms in total. The maximum Gasteiger partial charge on any atom is 0.242 e. The summed E-state index contributed by atoms with van der Waals surface area (Å²) in [6.07, 6.45) is 1.51. The fourth-order valence-corrected chi connectivity index (χ4v) is 5.64. The highest BCUT2D eigenvalue weighted by Gasteiger charge is 2.40. The summed E-state index contributed by atoms with van der Waals surface area (Å²) in [6, 6.07) is 12.7. The van der Waals surface area contributed by atoms with Crippen LogP contribution in [0.2, 0.25) is 5.02 Å². The molecule has 0 radical (unpaired) electrons. The van der Waals surface area contributed by atoms with Crippen LogP contribution in [0.15, 0.2) is 60.7 Å². The number of halogens is 4. The number of hydrogen-bond donors (Lipinski definition) is 3. The molecular formula is C30H31ClF3N3O3. The number of hydrogen-bond acceptors (Lipinski definition) is 5. The molecule has 2 aliphatic heterocycles. The lowest BCUT2D eigenvalue weighted by Gasteiger charge is -2.38. The first-order chi connectivity index (χ1) is 19.2. The van der Waals surface area contributed by atoms with Gasteiger partial charge in [-0.2, -0.15) is 0 Å². The van der Waals surface area contributed by atoms with Crippen molar-refractivity contribution in [3.05, 3.63) is 99.8 Å². The number of ether oxygens (including phenoxy) is 2. The molecule has 0 bridgehead atoms. The Bertz CT molecular complexity index is 1330. The summed E-state index contributed by atoms with van der Waals surface area (Å²) >= 11 is 6.03. The molecule has 10 heteroatoms. The highest BCUT2D eigenvalue weighted by molar-refractivity contribution is 6.30. The maximum absolute atomic E-state index is 15.0. The van der Waals surface area contributed by atoms with Crippen LogP contribution in [-0.4, -0.2) is 50.0 Å². The van der Waals surface area contributed by atoms with Crippen molar-refractivity contribution in [3.8, 4) is 0 Å². The van der Waals surface area contributed by atoms with Gasteiger partial charge in [0.1, 0.15) is 23.1 Å².